The molecule has 0 radical (unpaired) electrons. The van der Waals surface area contributed by atoms with E-state index in [-0.39, 0.29) is 23.4 Å². The molecule has 0 aromatic heterocycles. The molecule has 1 amide bonds. The van der Waals surface area contributed by atoms with Gasteiger partial charge in [-0.25, -0.2) is 4.39 Å². The molecular formula is C27H33FN2O4. The molecule has 7 heteroatoms. The van der Waals surface area contributed by atoms with E-state index in [1.165, 1.54) is 11.0 Å². The molecule has 1 heterocycles. The fraction of sp³-hybridized carbons (Fsp3) is 0.407. The van der Waals surface area contributed by atoms with Gasteiger partial charge in [0, 0.05) is 24.2 Å². The molecule has 1 atom stereocenters. The number of aliphatic hydroxyl groups is 1. The molecule has 34 heavy (non-hydrogen) atoms. The fourth-order valence-corrected chi connectivity index (χ4v) is 4.28. The van der Waals surface area contributed by atoms with Crippen LogP contribution in [-0.2, 0) is 9.59 Å². The highest BCUT2D eigenvalue weighted by Gasteiger charge is 2.46. The minimum atomic E-state index is -1.01. The number of carbonyl (C=O) groups is 2. The average molecular weight is 469 g/mol. The number of hydrogen-bond acceptors (Lipinski definition) is 5. The third-order valence-electron chi connectivity index (χ3n) is 6.22. The average Bonchev–Trinajstić information content (AvgIpc) is 3.08. The first-order valence-corrected chi connectivity index (χ1v) is 11.8. The van der Waals surface area contributed by atoms with E-state index >= 15 is 0 Å². The maximum absolute atomic E-state index is 14.9. The number of halogens is 1. The molecule has 3 rings (SSSR count). The fourth-order valence-electron chi connectivity index (χ4n) is 4.28. The first kappa shape index (κ1) is 25.4. The molecule has 1 N–H and O–H groups in total. The largest absolute Gasteiger partial charge is 0.507 e. The van der Waals surface area contributed by atoms with Crippen LogP contribution < -0.4 is 4.74 Å². The number of aliphatic hydroxyl groups excluding tert-OH is 1. The molecular weight excluding hydrogens is 435 g/mol. The number of likely N-dealkylation sites (N-methyl/N-ethyl adjacent to an activating group) is 1. The second-order valence-electron chi connectivity index (χ2n) is 8.37. The molecule has 2 aromatic rings. The van der Waals surface area contributed by atoms with Crippen LogP contribution in [0.3, 0.4) is 0 Å². The van der Waals surface area contributed by atoms with Crippen molar-refractivity contribution in [2.45, 2.75) is 40.2 Å². The molecule has 0 spiro atoms. The van der Waals surface area contributed by atoms with Crippen molar-refractivity contribution in [3.63, 3.8) is 0 Å². The Bertz CT molecular complexity index is 1080. The third-order valence-corrected chi connectivity index (χ3v) is 6.22. The lowest BCUT2D eigenvalue weighted by Crippen LogP contribution is -2.38. The standard InChI is InChI=1S/C27H33FN2O4/c1-5-16-34-19-12-13-20(18(4)17-19)25(31)23-24(21-10-8-9-11-22(21)28)30(27(33)26(23)32)15-14-29(6-2)7-3/h8-13,17,24,31H,5-7,14-16H2,1-4H3/t24-/m0/s1. The van der Waals surface area contributed by atoms with Crippen molar-refractivity contribution < 1.29 is 23.8 Å². The Hall–Kier alpha value is -3.19. The van der Waals surface area contributed by atoms with Crippen LogP contribution in [0.15, 0.2) is 48.0 Å². The Morgan fingerprint density at radius 2 is 1.82 bits per heavy atom. The summed E-state index contributed by atoms with van der Waals surface area (Å²) in [4.78, 5) is 29.7. The molecule has 0 aliphatic carbocycles. The summed E-state index contributed by atoms with van der Waals surface area (Å²) < 4.78 is 20.6. The van der Waals surface area contributed by atoms with Gasteiger partial charge in [-0.1, -0.05) is 39.0 Å². The van der Waals surface area contributed by atoms with Gasteiger partial charge in [0.25, 0.3) is 11.7 Å². The van der Waals surface area contributed by atoms with Gasteiger partial charge >= 0.3 is 0 Å². The molecule has 1 fully saturated rings. The van der Waals surface area contributed by atoms with E-state index in [9.17, 15) is 19.1 Å². The van der Waals surface area contributed by atoms with Crippen molar-refractivity contribution in [2.75, 3.05) is 32.8 Å². The van der Waals surface area contributed by atoms with Crippen LogP contribution in [0.5, 0.6) is 5.75 Å². The number of nitrogens with zero attached hydrogens (tertiary/aromatic N) is 2. The van der Waals surface area contributed by atoms with Gasteiger partial charge in [-0.3, -0.25) is 9.59 Å². The minimum absolute atomic E-state index is 0.0972. The lowest BCUT2D eigenvalue weighted by molar-refractivity contribution is -0.140. The van der Waals surface area contributed by atoms with E-state index in [2.05, 4.69) is 4.90 Å². The number of ketones is 1. The van der Waals surface area contributed by atoms with Gasteiger partial charge in [-0.05, 0) is 56.3 Å². The van der Waals surface area contributed by atoms with Gasteiger partial charge < -0.3 is 19.6 Å². The van der Waals surface area contributed by atoms with E-state index < -0.39 is 23.5 Å². The van der Waals surface area contributed by atoms with Crippen molar-refractivity contribution >= 4 is 17.4 Å². The van der Waals surface area contributed by atoms with Crippen molar-refractivity contribution in [3.8, 4) is 5.75 Å². The summed E-state index contributed by atoms with van der Waals surface area (Å²) in [6.07, 6.45) is 0.861. The predicted octanol–water partition coefficient (Wildman–Crippen LogP) is 4.69. The number of rotatable bonds is 10. The number of carbonyl (C=O) groups excluding carboxylic acids is 2. The van der Waals surface area contributed by atoms with Crippen LogP contribution in [0.4, 0.5) is 4.39 Å². The van der Waals surface area contributed by atoms with Gasteiger partial charge in [0.1, 0.15) is 17.3 Å². The van der Waals surface area contributed by atoms with Crippen LogP contribution in [0.2, 0.25) is 0 Å². The van der Waals surface area contributed by atoms with Crippen molar-refractivity contribution in [1.29, 1.82) is 0 Å². The topological polar surface area (TPSA) is 70.1 Å². The van der Waals surface area contributed by atoms with Crippen LogP contribution in [0, 0.1) is 12.7 Å². The maximum Gasteiger partial charge on any atom is 0.295 e. The zero-order chi connectivity index (χ0) is 24.8. The Kier molecular flexibility index (Phi) is 8.45. The van der Waals surface area contributed by atoms with Crippen LogP contribution in [0.1, 0.15) is 49.9 Å². The van der Waals surface area contributed by atoms with E-state index in [4.69, 9.17) is 4.74 Å². The number of aryl methyl sites for hydroxylation is 1. The number of hydrogen-bond donors (Lipinski definition) is 1. The van der Waals surface area contributed by atoms with Gasteiger partial charge in [0.2, 0.25) is 0 Å². The second kappa shape index (κ2) is 11.3. The van der Waals surface area contributed by atoms with E-state index in [0.717, 1.165) is 19.5 Å². The number of Topliss-reactive ketones (excluding diaryl/α,β-unsaturated/α-hetero) is 1. The minimum Gasteiger partial charge on any atom is -0.507 e. The highest BCUT2D eigenvalue weighted by atomic mass is 19.1. The quantitative estimate of drug-likeness (QED) is 0.311. The molecule has 0 bridgehead atoms. The summed E-state index contributed by atoms with van der Waals surface area (Å²) in [7, 11) is 0. The first-order valence-electron chi connectivity index (χ1n) is 11.8. The summed E-state index contributed by atoms with van der Waals surface area (Å²) in [6.45, 7) is 10.8. The van der Waals surface area contributed by atoms with Crippen molar-refractivity contribution in [1.82, 2.24) is 9.80 Å². The van der Waals surface area contributed by atoms with Gasteiger partial charge in [0.15, 0.2) is 0 Å². The molecule has 1 saturated heterocycles. The second-order valence-corrected chi connectivity index (χ2v) is 8.37. The smallest absolute Gasteiger partial charge is 0.295 e. The molecule has 1 aliphatic heterocycles. The zero-order valence-corrected chi connectivity index (χ0v) is 20.3. The highest BCUT2D eigenvalue weighted by Crippen LogP contribution is 2.40. The predicted molar refractivity (Wildman–Crippen MR) is 130 cm³/mol. The summed E-state index contributed by atoms with van der Waals surface area (Å²) in [5.41, 5.74) is 1.18. The Morgan fingerprint density at radius 1 is 1.12 bits per heavy atom. The monoisotopic (exact) mass is 468 g/mol. The summed E-state index contributed by atoms with van der Waals surface area (Å²) in [6, 6.07) is 10.2. The summed E-state index contributed by atoms with van der Waals surface area (Å²) in [5.74, 6) is -1.73. The molecule has 0 unspecified atom stereocenters. The van der Waals surface area contributed by atoms with E-state index in [0.29, 0.717) is 30.0 Å². The summed E-state index contributed by atoms with van der Waals surface area (Å²) in [5, 5.41) is 11.3. The molecule has 2 aromatic carbocycles. The Labute approximate surface area is 200 Å². The summed E-state index contributed by atoms with van der Waals surface area (Å²) >= 11 is 0. The lowest BCUT2D eigenvalue weighted by atomic mass is 9.93. The van der Waals surface area contributed by atoms with Crippen LogP contribution >= 0.6 is 0 Å². The SMILES string of the molecule is CCCOc1ccc(C(O)=C2C(=O)C(=O)N(CCN(CC)CC)[C@H]2c2ccccc2F)c(C)c1. The number of amides is 1. The number of benzene rings is 2. The molecule has 182 valence electrons. The highest BCUT2D eigenvalue weighted by molar-refractivity contribution is 6.46. The van der Waals surface area contributed by atoms with Crippen molar-refractivity contribution in [2.24, 2.45) is 0 Å². The van der Waals surface area contributed by atoms with E-state index in [1.807, 2.05) is 20.8 Å². The Balaban J connectivity index is 2.10. The number of ether oxygens (including phenoxy) is 1. The van der Waals surface area contributed by atoms with Crippen molar-refractivity contribution in [3.05, 3.63) is 70.5 Å². The molecule has 6 nitrogen and oxygen atoms in total. The molecule has 1 aliphatic rings. The van der Waals surface area contributed by atoms with Crippen LogP contribution in [0.25, 0.3) is 5.76 Å². The number of likely N-dealkylation sites (tertiary alicyclic amines) is 1. The van der Waals surface area contributed by atoms with Crippen LogP contribution in [-0.4, -0.2) is 59.4 Å². The Morgan fingerprint density at radius 3 is 2.44 bits per heavy atom. The lowest BCUT2D eigenvalue weighted by Gasteiger charge is -2.28. The normalized spacial score (nSPS) is 17.6. The van der Waals surface area contributed by atoms with Gasteiger partial charge in [-0.2, -0.15) is 0 Å². The first-order chi connectivity index (χ1) is 16.3. The molecule has 0 saturated carbocycles. The van der Waals surface area contributed by atoms with Gasteiger partial charge in [0.05, 0.1) is 18.2 Å². The van der Waals surface area contributed by atoms with E-state index in [1.54, 1.807) is 43.3 Å². The maximum atomic E-state index is 14.9. The third kappa shape index (κ3) is 5.14. The van der Waals surface area contributed by atoms with Gasteiger partial charge in [-0.15, -0.1) is 0 Å². The zero-order valence-electron chi connectivity index (χ0n) is 20.3.